The first kappa shape index (κ1) is 23.3. The van der Waals surface area contributed by atoms with Crippen molar-refractivity contribution in [1.82, 2.24) is 20.3 Å². The van der Waals surface area contributed by atoms with Gasteiger partial charge in [-0.15, -0.1) is 11.3 Å². The van der Waals surface area contributed by atoms with Crippen molar-refractivity contribution < 1.29 is 19.1 Å². The van der Waals surface area contributed by atoms with Crippen LogP contribution in [0.3, 0.4) is 0 Å². The number of aromatic nitrogens is 3. The molecule has 0 aliphatic rings. The molecule has 4 aromatic rings. The standard InChI is InChI=1S/C23H18ClN5O4S/c1-13-14(24)5-4-7-15(13)28-18(30)11-27-19(31)12-33-23(32)21-20(25-9-10-26-21)22-29-16-6-2-3-8-17(16)34-22/h2-10H,11-12H2,1H3,(H,27,31)(H,28,30). The number of carbonyl (C=O) groups is 3. The lowest BCUT2D eigenvalue weighted by molar-refractivity contribution is -0.126. The van der Waals surface area contributed by atoms with Crippen molar-refractivity contribution >= 4 is 56.6 Å². The number of carbonyl (C=O) groups excluding carboxylic acids is 3. The lowest BCUT2D eigenvalue weighted by atomic mass is 10.2. The molecule has 2 heterocycles. The second-order valence-corrected chi connectivity index (χ2v) is 8.49. The Hall–Kier alpha value is -3.89. The summed E-state index contributed by atoms with van der Waals surface area (Å²) in [7, 11) is 0. The number of esters is 1. The number of nitrogens with zero attached hydrogens (tertiary/aromatic N) is 3. The predicted molar refractivity (Wildman–Crippen MR) is 129 cm³/mol. The molecule has 0 atom stereocenters. The number of hydrogen-bond acceptors (Lipinski definition) is 8. The van der Waals surface area contributed by atoms with Gasteiger partial charge in [-0.05, 0) is 36.8 Å². The lowest BCUT2D eigenvalue weighted by Gasteiger charge is -2.10. The van der Waals surface area contributed by atoms with Crippen LogP contribution >= 0.6 is 22.9 Å². The summed E-state index contributed by atoms with van der Waals surface area (Å²) >= 11 is 7.40. The Morgan fingerprint density at radius 3 is 2.65 bits per heavy atom. The van der Waals surface area contributed by atoms with Crippen LogP contribution in [0.15, 0.2) is 54.9 Å². The van der Waals surface area contributed by atoms with Crippen LogP contribution in [0.4, 0.5) is 5.69 Å². The average molecular weight is 496 g/mol. The Balaban J connectivity index is 1.33. The summed E-state index contributed by atoms with van der Waals surface area (Å²) in [5, 5.41) is 6.09. The summed E-state index contributed by atoms with van der Waals surface area (Å²) in [6, 6.07) is 12.7. The van der Waals surface area contributed by atoms with Crippen LogP contribution in [-0.4, -0.2) is 45.9 Å². The molecule has 11 heteroatoms. The van der Waals surface area contributed by atoms with Crippen LogP contribution in [0.25, 0.3) is 20.9 Å². The summed E-state index contributed by atoms with van der Waals surface area (Å²) in [5.74, 6) is -1.91. The zero-order chi connectivity index (χ0) is 24.1. The lowest BCUT2D eigenvalue weighted by Crippen LogP contribution is -2.35. The van der Waals surface area contributed by atoms with Gasteiger partial charge in [0.15, 0.2) is 12.3 Å². The highest BCUT2D eigenvalue weighted by Crippen LogP contribution is 2.30. The number of anilines is 1. The Bertz CT molecular complexity index is 1360. The first-order chi connectivity index (χ1) is 16.4. The Labute approximate surface area is 203 Å². The predicted octanol–water partition coefficient (Wildman–Crippen LogP) is 3.63. The Morgan fingerprint density at radius 1 is 1.03 bits per heavy atom. The number of amides is 2. The van der Waals surface area contributed by atoms with Crippen LogP contribution < -0.4 is 10.6 Å². The second-order valence-electron chi connectivity index (χ2n) is 7.05. The van der Waals surface area contributed by atoms with Crippen molar-refractivity contribution in [2.75, 3.05) is 18.5 Å². The molecular formula is C23H18ClN5O4S. The van der Waals surface area contributed by atoms with Gasteiger partial charge in [0, 0.05) is 23.1 Å². The SMILES string of the molecule is Cc1c(Cl)cccc1NC(=O)CNC(=O)COC(=O)c1nccnc1-c1nc2ccccc2s1. The van der Waals surface area contributed by atoms with Gasteiger partial charge in [0.25, 0.3) is 5.91 Å². The van der Waals surface area contributed by atoms with Gasteiger partial charge < -0.3 is 15.4 Å². The van der Waals surface area contributed by atoms with E-state index in [4.69, 9.17) is 16.3 Å². The summed E-state index contributed by atoms with van der Waals surface area (Å²) in [4.78, 5) is 49.6. The number of nitrogens with one attached hydrogen (secondary N) is 2. The first-order valence-electron chi connectivity index (χ1n) is 10.1. The van der Waals surface area contributed by atoms with E-state index >= 15 is 0 Å². The fourth-order valence-electron chi connectivity index (χ4n) is 2.98. The number of thiazole rings is 1. The van der Waals surface area contributed by atoms with Gasteiger partial charge in [-0.25, -0.2) is 19.7 Å². The molecule has 0 bridgehead atoms. The smallest absolute Gasteiger partial charge is 0.359 e. The second kappa shape index (κ2) is 10.4. The van der Waals surface area contributed by atoms with Gasteiger partial charge in [-0.2, -0.15) is 0 Å². The largest absolute Gasteiger partial charge is 0.451 e. The summed E-state index contributed by atoms with van der Waals surface area (Å²) in [6.07, 6.45) is 2.81. The maximum absolute atomic E-state index is 12.6. The Kier molecular flexibility index (Phi) is 7.09. The quantitative estimate of drug-likeness (QED) is 0.375. The average Bonchev–Trinajstić information content (AvgIpc) is 3.28. The molecule has 0 aliphatic heterocycles. The van der Waals surface area contributed by atoms with Crippen molar-refractivity contribution in [1.29, 1.82) is 0 Å². The third-order valence-corrected chi connectivity index (χ3v) is 6.16. The molecule has 2 amide bonds. The van der Waals surface area contributed by atoms with E-state index in [2.05, 4.69) is 25.6 Å². The van der Waals surface area contributed by atoms with Gasteiger partial charge in [0.2, 0.25) is 5.91 Å². The molecule has 0 saturated carbocycles. The third kappa shape index (κ3) is 5.36. The maximum Gasteiger partial charge on any atom is 0.359 e. The highest BCUT2D eigenvalue weighted by Gasteiger charge is 2.21. The van der Waals surface area contributed by atoms with E-state index in [0.29, 0.717) is 21.3 Å². The fourth-order valence-corrected chi connectivity index (χ4v) is 4.12. The highest BCUT2D eigenvalue weighted by atomic mass is 35.5. The van der Waals surface area contributed by atoms with E-state index in [0.717, 1.165) is 10.2 Å². The van der Waals surface area contributed by atoms with Crippen molar-refractivity contribution in [2.24, 2.45) is 0 Å². The Morgan fingerprint density at radius 2 is 1.82 bits per heavy atom. The van der Waals surface area contributed by atoms with Crippen molar-refractivity contribution in [3.8, 4) is 10.7 Å². The molecule has 34 heavy (non-hydrogen) atoms. The van der Waals surface area contributed by atoms with Crippen molar-refractivity contribution in [3.63, 3.8) is 0 Å². The highest BCUT2D eigenvalue weighted by molar-refractivity contribution is 7.21. The molecule has 2 aromatic heterocycles. The first-order valence-corrected chi connectivity index (χ1v) is 11.3. The molecule has 9 nitrogen and oxygen atoms in total. The number of benzene rings is 2. The van der Waals surface area contributed by atoms with Gasteiger partial charge in [0.1, 0.15) is 10.7 Å². The summed E-state index contributed by atoms with van der Waals surface area (Å²) in [6.45, 7) is 0.883. The van der Waals surface area contributed by atoms with E-state index in [1.54, 1.807) is 25.1 Å². The van der Waals surface area contributed by atoms with E-state index in [1.165, 1.54) is 23.7 Å². The topological polar surface area (TPSA) is 123 Å². The molecule has 0 radical (unpaired) electrons. The van der Waals surface area contributed by atoms with E-state index in [-0.39, 0.29) is 17.9 Å². The zero-order valence-corrected chi connectivity index (χ0v) is 19.4. The van der Waals surface area contributed by atoms with Crippen LogP contribution in [-0.2, 0) is 14.3 Å². The van der Waals surface area contributed by atoms with Crippen LogP contribution in [0, 0.1) is 6.92 Å². The number of hydrogen-bond donors (Lipinski definition) is 2. The fraction of sp³-hybridized carbons (Fsp3) is 0.130. The molecular weight excluding hydrogens is 478 g/mol. The summed E-state index contributed by atoms with van der Waals surface area (Å²) in [5.41, 5.74) is 2.25. The van der Waals surface area contributed by atoms with Crippen LogP contribution in [0.2, 0.25) is 5.02 Å². The third-order valence-electron chi connectivity index (χ3n) is 4.71. The van der Waals surface area contributed by atoms with Crippen LogP contribution in [0.1, 0.15) is 16.1 Å². The molecule has 0 unspecified atom stereocenters. The molecule has 2 aromatic carbocycles. The van der Waals surface area contributed by atoms with Crippen LogP contribution in [0.5, 0.6) is 0 Å². The van der Waals surface area contributed by atoms with Gasteiger partial charge in [0.05, 0.1) is 16.8 Å². The van der Waals surface area contributed by atoms with E-state index < -0.39 is 24.4 Å². The number of fused-ring (bicyclic) bond motifs is 1. The zero-order valence-electron chi connectivity index (χ0n) is 17.9. The van der Waals surface area contributed by atoms with E-state index in [1.807, 2.05) is 24.3 Å². The monoisotopic (exact) mass is 495 g/mol. The summed E-state index contributed by atoms with van der Waals surface area (Å²) < 4.78 is 6.02. The molecule has 2 N–H and O–H groups in total. The van der Waals surface area contributed by atoms with Crippen molar-refractivity contribution in [2.45, 2.75) is 6.92 Å². The van der Waals surface area contributed by atoms with Gasteiger partial charge in [-0.1, -0.05) is 29.8 Å². The molecule has 4 rings (SSSR count). The minimum absolute atomic E-state index is 0.0523. The van der Waals surface area contributed by atoms with Gasteiger partial charge in [-0.3, -0.25) is 9.59 Å². The molecule has 0 fully saturated rings. The number of halogens is 1. The molecule has 172 valence electrons. The minimum atomic E-state index is -0.823. The number of ether oxygens (including phenoxy) is 1. The molecule has 0 saturated heterocycles. The van der Waals surface area contributed by atoms with E-state index in [9.17, 15) is 14.4 Å². The normalized spacial score (nSPS) is 10.6. The molecule has 0 aliphatic carbocycles. The minimum Gasteiger partial charge on any atom is -0.451 e. The maximum atomic E-state index is 12.6. The number of para-hydroxylation sites is 1. The number of rotatable bonds is 7. The molecule has 0 spiro atoms. The van der Waals surface area contributed by atoms with Gasteiger partial charge >= 0.3 is 5.97 Å². The van der Waals surface area contributed by atoms with Crippen molar-refractivity contribution in [3.05, 3.63) is 71.1 Å².